The first-order valence-corrected chi connectivity index (χ1v) is 9.04. The summed E-state index contributed by atoms with van der Waals surface area (Å²) in [5.74, 6) is 0.308. The molecule has 150 valence electrons. The summed E-state index contributed by atoms with van der Waals surface area (Å²) < 4.78 is 43.8. The number of rotatable bonds is 4. The van der Waals surface area contributed by atoms with Crippen LogP contribution in [0.4, 0.5) is 24.5 Å². The molecule has 2 heterocycles. The maximum Gasteiger partial charge on any atom is 0.416 e. The Morgan fingerprint density at radius 3 is 2.52 bits per heavy atom. The van der Waals surface area contributed by atoms with Gasteiger partial charge in [0.05, 0.1) is 28.4 Å². The van der Waals surface area contributed by atoms with Crippen LogP contribution in [0.25, 0.3) is 11.5 Å². The Labute approximate surface area is 165 Å². The Bertz CT molecular complexity index is 1030. The Balaban J connectivity index is 1.71. The first kappa shape index (κ1) is 19.0. The van der Waals surface area contributed by atoms with E-state index in [1.165, 1.54) is 24.6 Å². The molecule has 1 aliphatic heterocycles. The van der Waals surface area contributed by atoms with Crippen LogP contribution in [0.3, 0.4) is 0 Å². The highest BCUT2D eigenvalue weighted by atomic mass is 19.4. The van der Waals surface area contributed by atoms with Crippen molar-refractivity contribution in [3.63, 3.8) is 0 Å². The highest BCUT2D eigenvalue weighted by molar-refractivity contribution is 5.91. The number of carbonyl (C=O) groups excluding carboxylic acids is 1. The number of amides is 1. The summed E-state index contributed by atoms with van der Waals surface area (Å²) >= 11 is 0. The molecule has 3 aromatic rings. The van der Waals surface area contributed by atoms with E-state index >= 15 is 0 Å². The first-order chi connectivity index (χ1) is 13.8. The van der Waals surface area contributed by atoms with Crippen LogP contribution >= 0.6 is 0 Å². The smallest absolute Gasteiger partial charge is 0.416 e. The van der Waals surface area contributed by atoms with Crippen LogP contribution < -0.4 is 10.6 Å². The molecule has 1 saturated heterocycles. The molecular formula is C21H18F3N3O2. The van der Waals surface area contributed by atoms with Crippen molar-refractivity contribution in [3.8, 4) is 11.5 Å². The van der Waals surface area contributed by atoms with Gasteiger partial charge < -0.3 is 15.1 Å². The summed E-state index contributed by atoms with van der Waals surface area (Å²) in [4.78, 5) is 16.5. The van der Waals surface area contributed by atoms with Crippen LogP contribution in [0, 0.1) is 0 Å². The largest absolute Gasteiger partial charge is 0.444 e. The molecular weight excluding hydrogens is 383 g/mol. The van der Waals surface area contributed by atoms with Gasteiger partial charge >= 0.3 is 6.18 Å². The molecule has 2 N–H and O–H groups in total. The maximum absolute atomic E-state index is 12.8. The zero-order chi connectivity index (χ0) is 20.6. The summed E-state index contributed by atoms with van der Waals surface area (Å²) in [6.07, 6.45) is -0.773. The van der Waals surface area contributed by atoms with Crippen molar-refractivity contribution in [2.45, 2.75) is 24.9 Å². The molecule has 1 aromatic heterocycles. The van der Waals surface area contributed by atoms with E-state index in [-0.39, 0.29) is 5.91 Å². The molecule has 4 rings (SSSR count). The number of nitrogens with one attached hydrogen (secondary N) is 2. The van der Waals surface area contributed by atoms with Gasteiger partial charge in [-0.3, -0.25) is 4.79 Å². The lowest BCUT2D eigenvalue weighted by molar-refractivity contribution is -0.137. The number of carbonyl (C=O) groups is 1. The predicted molar refractivity (Wildman–Crippen MR) is 102 cm³/mol. The molecule has 1 atom stereocenters. The van der Waals surface area contributed by atoms with Gasteiger partial charge in [-0.1, -0.05) is 6.07 Å². The number of hydrogen-bond acceptors (Lipinski definition) is 4. The van der Waals surface area contributed by atoms with Gasteiger partial charge in [0, 0.05) is 12.2 Å². The fourth-order valence-electron chi connectivity index (χ4n) is 3.44. The second-order valence-corrected chi connectivity index (χ2v) is 7.14. The summed E-state index contributed by atoms with van der Waals surface area (Å²) in [7, 11) is 0. The zero-order valence-electron chi connectivity index (χ0n) is 15.5. The van der Waals surface area contributed by atoms with E-state index in [1.807, 2.05) is 19.1 Å². The number of benzene rings is 2. The van der Waals surface area contributed by atoms with Crippen LogP contribution in [0.5, 0.6) is 0 Å². The molecule has 8 heteroatoms. The normalized spacial score (nSPS) is 19.2. The number of anilines is 2. The van der Waals surface area contributed by atoms with Crippen LogP contribution in [-0.4, -0.2) is 17.4 Å². The van der Waals surface area contributed by atoms with Crippen molar-refractivity contribution >= 4 is 17.3 Å². The molecule has 2 aromatic carbocycles. The second kappa shape index (κ2) is 6.95. The van der Waals surface area contributed by atoms with E-state index in [0.29, 0.717) is 35.8 Å². The predicted octanol–water partition coefficient (Wildman–Crippen LogP) is 4.88. The van der Waals surface area contributed by atoms with Gasteiger partial charge in [0.15, 0.2) is 0 Å². The van der Waals surface area contributed by atoms with Crippen LogP contribution in [0.1, 0.15) is 24.5 Å². The fourth-order valence-corrected chi connectivity index (χ4v) is 3.44. The third-order valence-corrected chi connectivity index (χ3v) is 5.22. The van der Waals surface area contributed by atoms with Crippen molar-refractivity contribution < 1.29 is 22.4 Å². The highest BCUT2D eigenvalue weighted by Gasteiger charge is 2.39. The molecule has 29 heavy (non-hydrogen) atoms. The van der Waals surface area contributed by atoms with Crippen LogP contribution in [-0.2, 0) is 16.4 Å². The molecule has 5 nitrogen and oxygen atoms in total. The van der Waals surface area contributed by atoms with Gasteiger partial charge in [0.2, 0.25) is 11.8 Å². The molecule has 0 spiro atoms. The van der Waals surface area contributed by atoms with Gasteiger partial charge in [-0.25, -0.2) is 4.98 Å². The van der Waals surface area contributed by atoms with E-state index in [0.717, 1.165) is 17.7 Å². The van der Waals surface area contributed by atoms with E-state index in [1.54, 1.807) is 6.07 Å². The van der Waals surface area contributed by atoms with Gasteiger partial charge in [0.1, 0.15) is 6.26 Å². The molecule has 1 fully saturated rings. The molecule has 1 amide bonds. The number of hydrogen-bond donors (Lipinski definition) is 2. The minimum absolute atomic E-state index is 0.0423. The average molecular weight is 401 g/mol. The molecule has 1 aliphatic rings. The SMILES string of the molecule is CC1(c2ccc(Nc3ccc(C(F)(F)F)cc3)c(-c3ncco3)c2)CCNC1=O. The van der Waals surface area contributed by atoms with Crippen LogP contribution in [0.15, 0.2) is 59.3 Å². The van der Waals surface area contributed by atoms with Crippen LogP contribution in [0.2, 0.25) is 0 Å². The lowest BCUT2D eigenvalue weighted by Crippen LogP contribution is -2.32. The Kier molecular flexibility index (Phi) is 4.56. The number of oxazole rings is 1. The van der Waals surface area contributed by atoms with E-state index < -0.39 is 17.2 Å². The van der Waals surface area contributed by atoms with Crippen molar-refractivity contribution in [2.75, 3.05) is 11.9 Å². The number of alkyl halides is 3. The standard InChI is InChI=1S/C21H18F3N3O2/c1-20(8-9-26-19(20)28)14-4-7-17(16(12-14)18-25-10-11-29-18)27-15-5-2-13(3-6-15)21(22,23)24/h2-7,10-12,27H,8-9H2,1H3,(H,26,28). The molecule has 1 unspecified atom stereocenters. The molecule has 0 saturated carbocycles. The maximum atomic E-state index is 12.8. The monoisotopic (exact) mass is 401 g/mol. The van der Waals surface area contributed by atoms with Gasteiger partial charge in [0.25, 0.3) is 0 Å². The minimum Gasteiger partial charge on any atom is -0.444 e. The van der Waals surface area contributed by atoms with E-state index in [4.69, 9.17) is 4.42 Å². The molecule has 0 aliphatic carbocycles. The Morgan fingerprint density at radius 2 is 1.93 bits per heavy atom. The third kappa shape index (κ3) is 3.57. The summed E-state index contributed by atoms with van der Waals surface area (Å²) in [5, 5.41) is 5.96. The lowest BCUT2D eigenvalue weighted by atomic mass is 9.80. The highest BCUT2D eigenvalue weighted by Crippen LogP contribution is 2.38. The molecule has 0 radical (unpaired) electrons. The lowest BCUT2D eigenvalue weighted by Gasteiger charge is -2.22. The number of nitrogens with zero attached hydrogens (tertiary/aromatic N) is 1. The van der Waals surface area contributed by atoms with Gasteiger partial charge in [-0.15, -0.1) is 0 Å². The number of aromatic nitrogens is 1. The van der Waals surface area contributed by atoms with E-state index in [2.05, 4.69) is 15.6 Å². The Morgan fingerprint density at radius 1 is 1.17 bits per heavy atom. The fraction of sp³-hybridized carbons (Fsp3) is 0.238. The molecule has 0 bridgehead atoms. The summed E-state index contributed by atoms with van der Waals surface area (Å²) in [6, 6.07) is 10.2. The third-order valence-electron chi connectivity index (χ3n) is 5.22. The second-order valence-electron chi connectivity index (χ2n) is 7.14. The summed E-state index contributed by atoms with van der Waals surface area (Å²) in [5.41, 5.74) is 1.16. The zero-order valence-corrected chi connectivity index (χ0v) is 15.5. The van der Waals surface area contributed by atoms with Gasteiger partial charge in [-0.05, 0) is 55.3 Å². The number of halogens is 3. The van der Waals surface area contributed by atoms with Gasteiger partial charge in [-0.2, -0.15) is 13.2 Å². The van der Waals surface area contributed by atoms with Crippen molar-refractivity contribution in [2.24, 2.45) is 0 Å². The topological polar surface area (TPSA) is 67.2 Å². The van der Waals surface area contributed by atoms with E-state index in [9.17, 15) is 18.0 Å². The van der Waals surface area contributed by atoms with Crippen molar-refractivity contribution in [3.05, 3.63) is 66.1 Å². The summed E-state index contributed by atoms with van der Waals surface area (Å²) in [6.45, 7) is 2.49. The quantitative estimate of drug-likeness (QED) is 0.654. The average Bonchev–Trinajstić information content (AvgIpc) is 3.33. The van der Waals surface area contributed by atoms with Crippen molar-refractivity contribution in [1.29, 1.82) is 0 Å². The Hall–Kier alpha value is -3.29. The minimum atomic E-state index is -4.39. The van der Waals surface area contributed by atoms with Crippen molar-refractivity contribution in [1.82, 2.24) is 10.3 Å². The first-order valence-electron chi connectivity index (χ1n) is 9.04.